The molecule has 0 aromatic heterocycles. The molecule has 0 saturated heterocycles. The predicted molar refractivity (Wildman–Crippen MR) is 59.9 cm³/mol. The van der Waals surface area contributed by atoms with E-state index >= 15 is 0 Å². The maximum Gasteiger partial charge on any atom is 0.316 e. The lowest BCUT2D eigenvalue weighted by atomic mass is 10.2. The molecule has 1 rings (SSSR count). The largest absolute Gasteiger partial charge is 0.493 e. The summed E-state index contributed by atoms with van der Waals surface area (Å²) in [5, 5.41) is 1.82. The average Bonchev–Trinajstić information content (AvgIpc) is 2.24. The van der Waals surface area contributed by atoms with Crippen molar-refractivity contribution in [2.24, 2.45) is 5.73 Å². The van der Waals surface area contributed by atoms with Gasteiger partial charge in [0.15, 0.2) is 23.1 Å². The van der Waals surface area contributed by atoms with E-state index in [2.05, 4.69) is 9.47 Å². The summed E-state index contributed by atoms with van der Waals surface area (Å²) in [6.07, 6.45) is 0. The summed E-state index contributed by atoms with van der Waals surface area (Å²) in [4.78, 5) is 10.6. The number of hydrogen-bond donors (Lipinski definition) is 2. The molecule has 96 valence electrons. The first kappa shape index (κ1) is 15.2. The SMILES string of the molecule is COc1cc(OC)c(F)c(NC(N)=O)c1F.Cl. The number of hydrogen-bond acceptors (Lipinski definition) is 3. The summed E-state index contributed by atoms with van der Waals surface area (Å²) in [5.74, 6) is -2.64. The van der Waals surface area contributed by atoms with E-state index in [1.165, 1.54) is 14.2 Å². The number of ether oxygens (including phenoxy) is 2. The molecular weight excluding hydrogens is 258 g/mol. The third kappa shape index (κ3) is 3.10. The first-order valence-electron chi connectivity index (χ1n) is 4.17. The first-order chi connectivity index (χ1) is 7.51. The summed E-state index contributed by atoms with van der Waals surface area (Å²) in [6, 6.07) is -0.0651. The van der Waals surface area contributed by atoms with Crippen LogP contribution in [0.1, 0.15) is 0 Å². The minimum Gasteiger partial charge on any atom is -0.493 e. The third-order valence-corrected chi connectivity index (χ3v) is 1.82. The van der Waals surface area contributed by atoms with Crippen LogP contribution in [0.3, 0.4) is 0 Å². The molecule has 17 heavy (non-hydrogen) atoms. The van der Waals surface area contributed by atoms with Crippen LogP contribution in [-0.4, -0.2) is 20.3 Å². The van der Waals surface area contributed by atoms with E-state index < -0.39 is 23.4 Å². The second-order valence-electron chi connectivity index (χ2n) is 2.77. The van der Waals surface area contributed by atoms with Gasteiger partial charge in [0.25, 0.3) is 0 Å². The summed E-state index contributed by atoms with van der Waals surface area (Å²) >= 11 is 0. The molecule has 0 unspecified atom stereocenters. The molecule has 0 fully saturated rings. The maximum atomic E-state index is 13.5. The number of methoxy groups -OCH3 is 2. The fraction of sp³-hybridized carbons (Fsp3) is 0.222. The number of benzene rings is 1. The highest BCUT2D eigenvalue weighted by atomic mass is 35.5. The highest BCUT2D eigenvalue weighted by molar-refractivity contribution is 5.88. The summed E-state index contributed by atoms with van der Waals surface area (Å²) in [6.45, 7) is 0. The topological polar surface area (TPSA) is 73.6 Å². The van der Waals surface area contributed by atoms with Crippen molar-refractivity contribution in [1.82, 2.24) is 0 Å². The zero-order chi connectivity index (χ0) is 12.3. The fourth-order valence-electron chi connectivity index (χ4n) is 1.12. The third-order valence-electron chi connectivity index (χ3n) is 1.82. The van der Waals surface area contributed by atoms with Crippen LogP contribution in [0.5, 0.6) is 11.5 Å². The maximum absolute atomic E-state index is 13.5. The average molecular weight is 269 g/mol. The highest BCUT2D eigenvalue weighted by Gasteiger charge is 2.20. The quantitative estimate of drug-likeness (QED) is 0.879. The molecule has 0 aliphatic heterocycles. The molecule has 0 heterocycles. The molecule has 0 spiro atoms. The van der Waals surface area contributed by atoms with Crippen molar-refractivity contribution in [3.8, 4) is 11.5 Å². The van der Waals surface area contributed by atoms with Gasteiger partial charge in [0.2, 0.25) is 0 Å². The van der Waals surface area contributed by atoms with Gasteiger partial charge in [0, 0.05) is 6.07 Å². The minimum absolute atomic E-state index is 0. The van der Waals surface area contributed by atoms with E-state index in [0.717, 1.165) is 6.07 Å². The lowest BCUT2D eigenvalue weighted by Gasteiger charge is -2.12. The Hall–Kier alpha value is -1.76. The van der Waals surface area contributed by atoms with Crippen LogP contribution in [0, 0.1) is 11.6 Å². The standard InChI is InChI=1S/C9H10F2N2O3.ClH/c1-15-4-3-5(16-2)7(11)8(6(4)10)13-9(12)14;/h3H,1-2H3,(H3,12,13,14);1H. The van der Waals surface area contributed by atoms with Gasteiger partial charge in [-0.3, -0.25) is 0 Å². The number of urea groups is 1. The molecule has 0 aliphatic rings. The highest BCUT2D eigenvalue weighted by Crippen LogP contribution is 2.34. The van der Waals surface area contributed by atoms with Crippen molar-refractivity contribution in [2.45, 2.75) is 0 Å². The molecule has 0 radical (unpaired) electrons. The van der Waals surface area contributed by atoms with Crippen molar-refractivity contribution in [3.05, 3.63) is 17.7 Å². The fourth-order valence-corrected chi connectivity index (χ4v) is 1.12. The van der Waals surface area contributed by atoms with Crippen molar-refractivity contribution < 1.29 is 23.0 Å². The van der Waals surface area contributed by atoms with E-state index in [1.54, 1.807) is 0 Å². The van der Waals surface area contributed by atoms with Crippen LogP contribution < -0.4 is 20.5 Å². The molecule has 2 amide bonds. The van der Waals surface area contributed by atoms with Crippen LogP contribution >= 0.6 is 12.4 Å². The minimum atomic E-state index is -1.09. The number of carbonyl (C=O) groups is 1. The lowest BCUT2D eigenvalue weighted by Crippen LogP contribution is -2.21. The number of anilines is 1. The molecular formula is C9H11ClF2N2O3. The van der Waals surface area contributed by atoms with Crippen molar-refractivity contribution in [2.75, 3.05) is 19.5 Å². The van der Waals surface area contributed by atoms with Crippen LogP contribution in [0.2, 0.25) is 0 Å². The Kier molecular flexibility index (Phi) is 5.46. The van der Waals surface area contributed by atoms with Crippen LogP contribution in [0.15, 0.2) is 6.07 Å². The molecule has 8 heteroatoms. The lowest BCUT2D eigenvalue weighted by molar-refractivity contribution is 0.259. The summed E-state index contributed by atoms with van der Waals surface area (Å²) in [5.41, 5.74) is 4.08. The zero-order valence-electron chi connectivity index (χ0n) is 9.04. The van der Waals surface area contributed by atoms with Crippen molar-refractivity contribution in [1.29, 1.82) is 0 Å². The number of amides is 2. The molecule has 0 saturated carbocycles. The van der Waals surface area contributed by atoms with Gasteiger partial charge in [0.05, 0.1) is 14.2 Å². The molecule has 1 aromatic carbocycles. The van der Waals surface area contributed by atoms with E-state index in [9.17, 15) is 13.6 Å². The van der Waals surface area contributed by atoms with Crippen LogP contribution in [0.4, 0.5) is 19.3 Å². The van der Waals surface area contributed by atoms with Crippen LogP contribution in [0.25, 0.3) is 0 Å². The number of carbonyl (C=O) groups excluding carboxylic acids is 1. The van der Waals surface area contributed by atoms with E-state index in [-0.39, 0.29) is 23.9 Å². The Bertz CT molecular complexity index is 401. The summed E-state index contributed by atoms with van der Waals surface area (Å²) in [7, 11) is 2.40. The first-order valence-corrected chi connectivity index (χ1v) is 4.17. The summed E-state index contributed by atoms with van der Waals surface area (Å²) < 4.78 is 36.3. The Balaban J connectivity index is 0.00000256. The number of halogens is 3. The van der Waals surface area contributed by atoms with Gasteiger partial charge >= 0.3 is 6.03 Å². The number of nitrogens with one attached hydrogen (secondary N) is 1. The monoisotopic (exact) mass is 268 g/mol. The zero-order valence-corrected chi connectivity index (χ0v) is 9.86. The van der Waals surface area contributed by atoms with Crippen LogP contribution in [-0.2, 0) is 0 Å². The van der Waals surface area contributed by atoms with Crippen molar-refractivity contribution >= 4 is 24.1 Å². The number of rotatable bonds is 3. The molecule has 1 aromatic rings. The van der Waals surface area contributed by atoms with Gasteiger partial charge in [-0.2, -0.15) is 0 Å². The predicted octanol–water partition coefficient (Wildman–Crippen LogP) is 1.89. The molecule has 3 N–H and O–H groups in total. The van der Waals surface area contributed by atoms with Gasteiger partial charge in [-0.05, 0) is 0 Å². The van der Waals surface area contributed by atoms with Gasteiger partial charge < -0.3 is 20.5 Å². The number of nitrogens with two attached hydrogens (primary N) is 1. The van der Waals surface area contributed by atoms with Gasteiger partial charge in [-0.1, -0.05) is 0 Å². The second kappa shape index (κ2) is 6.09. The van der Waals surface area contributed by atoms with E-state index in [1.807, 2.05) is 5.32 Å². The number of primary amides is 1. The molecule has 0 bridgehead atoms. The van der Waals surface area contributed by atoms with E-state index in [4.69, 9.17) is 5.73 Å². The molecule has 0 aliphatic carbocycles. The van der Waals surface area contributed by atoms with Gasteiger partial charge in [-0.15, -0.1) is 12.4 Å². The molecule has 5 nitrogen and oxygen atoms in total. The Labute approximate surface area is 102 Å². The molecule has 0 atom stereocenters. The van der Waals surface area contributed by atoms with Gasteiger partial charge in [-0.25, -0.2) is 13.6 Å². The Morgan fingerprint density at radius 2 is 1.65 bits per heavy atom. The Morgan fingerprint density at radius 1 is 1.24 bits per heavy atom. The van der Waals surface area contributed by atoms with Gasteiger partial charge in [0.1, 0.15) is 5.69 Å². The smallest absolute Gasteiger partial charge is 0.316 e. The van der Waals surface area contributed by atoms with E-state index in [0.29, 0.717) is 0 Å². The normalized spacial score (nSPS) is 9.18. The van der Waals surface area contributed by atoms with Crippen molar-refractivity contribution in [3.63, 3.8) is 0 Å². The Morgan fingerprint density at radius 3 is 1.94 bits per heavy atom. The second-order valence-corrected chi connectivity index (χ2v) is 2.77.